The normalized spacial score (nSPS) is 13.7. The van der Waals surface area contributed by atoms with Gasteiger partial charge in [-0.05, 0) is 86.8 Å². The van der Waals surface area contributed by atoms with Crippen LogP contribution in [0.4, 0.5) is 0 Å². The molecule has 0 saturated heterocycles. The summed E-state index contributed by atoms with van der Waals surface area (Å²) in [5.74, 6) is 0. The molecular formula is C38H56N2. The maximum Gasteiger partial charge on any atom is 0.211 e. The first kappa shape index (κ1) is 32.0. The molecule has 0 fully saturated rings. The lowest BCUT2D eigenvalue weighted by molar-refractivity contribution is -0.345. The molecule has 0 spiro atoms. The van der Waals surface area contributed by atoms with Gasteiger partial charge in [0.25, 0.3) is 0 Å². The lowest BCUT2D eigenvalue weighted by atomic mass is 9.91. The number of hydrogen-bond acceptors (Lipinski definition) is 0. The van der Waals surface area contributed by atoms with Crippen LogP contribution in [0.1, 0.15) is 153 Å². The second-order valence-corrected chi connectivity index (χ2v) is 11.9. The minimum absolute atomic E-state index is 1.01. The zero-order valence-electron chi connectivity index (χ0n) is 26.2. The minimum atomic E-state index is 1.01. The van der Waals surface area contributed by atoms with E-state index in [4.69, 9.17) is 0 Å². The van der Waals surface area contributed by atoms with Gasteiger partial charge < -0.3 is 5.53 Å². The first-order chi connectivity index (χ1) is 19.6. The van der Waals surface area contributed by atoms with Crippen molar-refractivity contribution in [1.29, 1.82) is 0 Å². The van der Waals surface area contributed by atoms with Crippen molar-refractivity contribution in [3.8, 4) is 0 Å². The van der Waals surface area contributed by atoms with E-state index in [1.165, 1.54) is 99.3 Å². The van der Waals surface area contributed by atoms with Crippen molar-refractivity contribution < 1.29 is 4.70 Å². The Morgan fingerprint density at radius 3 is 1.23 bits per heavy atom. The summed E-state index contributed by atoms with van der Waals surface area (Å²) >= 11 is 0. The van der Waals surface area contributed by atoms with Crippen LogP contribution in [0.15, 0.2) is 59.7 Å². The SMILES string of the molecule is CCCCCCCCC1=C(c2ccc(CCCCC)cc2)[N+](=[N-])C(c2ccc(CCCCC)cc2)=C1CCCC. The molecule has 2 aromatic carbocycles. The van der Waals surface area contributed by atoms with Crippen molar-refractivity contribution in [2.24, 2.45) is 0 Å². The first-order valence-corrected chi connectivity index (χ1v) is 16.8. The standard InChI is InChI=1S/C38H56N2/c1-5-9-13-14-15-18-22-36-35(21-12-8-4)37(33-27-23-31(24-28-33)19-16-10-6-2)40(39)38(36)34-29-25-32(26-30-34)20-17-11-7-3/h23-30H,5-22H2,1-4H3. The van der Waals surface area contributed by atoms with E-state index < -0.39 is 0 Å². The highest BCUT2D eigenvalue weighted by atomic mass is 15.2. The fourth-order valence-electron chi connectivity index (χ4n) is 6.04. The van der Waals surface area contributed by atoms with Gasteiger partial charge in [0.05, 0.1) is 0 Å². The van der Waals surface area contributed by atoms with Gasteiger partial charge in [-0.1, -0.05) is 116 Å². The summed E-state index contributed by atoms with van der Waals surface area (Å²) in [6.07, 6.45) is 21.9. The Labute approximate surface area is 246 Å². The molecule has 1 aliphatic heterocycles. The van der Waals surface area contributed by atoms with E-state index in [2.05, 4.69) is 76.2 Å². The van der Waals surface area contributed by atoms with Crippen molar-refractivity contribution in [3.05, 3.63) is 87.5 Å². The van der Waals surface area contributed by atoms with Crippen LogP contribution >= 0.6 is 0 Å². The molecule has 1 aliphatic rings. The number of unbranched alkanes of at least 4 members (excludes halogenated alkanes) is 10. The third-order valence-corrected chi connectivity index (χ3v) is 8.51. The van der Waals surface area contributed by atoms with Crippen LogP contribution in [-0.2, 0) is 12.8 Å². The maximum atomic E-state index is 11.9. The lowest BCUT2D eigenvalue weighted by Crippen LogP contribution is -2.03. The van der Waals surface area contributed by atoms with Crippen molar-refractivity contribution in [1.82, 2.24) is 0 Å². The number of nitrogens with zero attached hydrogens (tertiary/aromatic N) is 2. The molecule has 0 amide bonds. The lowest BCUT2D eigenvalue weighted by Gasteiger charge is -2.11. The van der Waals surface area contributed by atoms with Gasteiger partial charge in [-0.2, -0.15) is 0 Å². The molecule has 0 N–H and O–H groups in total. The van der Waals surface area contributed by atoms with Gasteiger partial charge >= 0.3 is 0 Å². The predicted molar refractivity (Wildman–Crippen MR) is 174 cm³/mol. The molecule has 0 aliphatic carbocycles. The van der Waals surface area contributed by atoms with Gasteiger partial charge in [0.15, 0.2) is 0 Å². The molecule has 40 heavy (non-hydrogen) atoms. The predicted octanol–water partition coefficient (Wildman–Crippen LogP) is 12.3. The van der Waals surface area contributed by atoms with Crippen molar-refractivity contribution in [2.45, 2.75) is 143 Å². The van der Waals surface area contributed by atoms with E-state index in [1.807, 2.05) is 0 Å². The van der Waals surface area contributed by atoms with E-state index in [0.29, 0.717) is 0 Å². The highest BCUT2D eigenvalue weighted by Crippen LogP contribution is 2.44. The van der Waals surface area contributed by atoms with E-state index in [1.54, 1.807) is 4.70 Å². The summed E-state index contributed by atoms with van der Waals surface area (Å²) < 4.78 is 1.55. The van der Waals surface area contributed by atoms with Crippen LogP contribution in [0.25, 0.3) is 16.9 Å². The number of benzene rings is 2. The average Bonchev–Trinajstić information content (AvgIpc) is 3.25. The Hall–Kier alpha value is -2.48. The van der Waals surface area contributed by atoms with Gasteiger partial charge in [-0.15, -0.1) is 0 Å². The van der Waals surface area contributed by atoms with Crippen LogP contribution in [0.2, 0.25) is 0 Å². The Balaban J connectivity index is 1.93. The van der Waals surface area contributed by atoms with E-state index in [0.717, 1.165) is 61.0 Å². The van der Waals surface area contributed by atoms with Crippen LogP contribution in [0, 0.1) is 0 Å². The second kappa shape index (κ2) is 18.1. The number of allylic oxidation sites excluding steroid dienone is 2. The molecule has 2 nitrogen and oxygen atoms in total. The fraction of sp³-hybridized carbons (Fsp3) is 0.579. The molecule has 218 valence electrons. The second-order valence-electron chi connectivity index (χ2n) is 11.9. The highest BCUT2D eigenvalue weighted by molar-refractivity contribution is 5.82. The fourth-order valence-corrected chi connectivity index (χ4v) is 6.04. The third-order valence-electron chi connectivity index (χ3n) is 8.51. The summed E-state index contributed by atoms with van der Waals surface area (Å²) in [5, 5.41) is 0. The number of aryl methyl sites for hydroxylation is 2. The van der Waals surface area contributed by atoms with E-state index in [-0.39, 0.29) is 0 Å². The molecule has 0 unspecified atom stereocenters. The van der Waals surface area contributed by atoms with Gasteiger partial charge in [0.1, 0.15) is 0 Å². The quantitative estimate of drug-likeness (QED) is 0.118. The first-order valence-electron chi connectivity index (χ1n) is 16.8. The Bertz CT molecular complexity index is 1090. The van der Waals surface area contributed by atoms with Crippen LogP contribution in [0.5, 0.6) is 0 Å². The van der Waals surface area contributed by atoms with Crippen molar-refractivity contribution in [2.75, 3.05) is 0 Å². The molecule has 3 rings (SSSR count). The smallest absolute Gasteiger partial charge is 0.211 e. The molecular weight excluding hydrogens is 484 g/mol. The average molecular weight is 541 g/mol. The van der Waals surface area contributed by atoms with E-state index in [9.17, 15) is 5.53 Å². The molecule has 0 radical (unpaired) electrons. The molecule has 0 saturated carbocycles. The molecule has 0 atom stereocenters. The largest absolute Gasteiger partial charge is 0.493 e. The van der Waals surface area contributed by atoms with Crippen LogP contribution in [-0.4, -0.2) is 4.70 Å². The maximum absolute atomic E-state index is 11.9. The van der Waals surface area contributed by atoms with Crippen molar-refractivity contribution >= 4 is 11.4 Å². The summed E-state index contributed by atoms with van der Waals surface area (Å²) in [6.45, 7) is 9.07. The molecule has 0 aromatic heterocycles. The number of hydrogen-bond donors (Lipinski definition) is 0. The zero-order chi connectivity index (χ0) is 28.6. The van der Waals surface area contributed by atoms with E-state index >= 15 is 0 Å². The minimum Gasteiger partial charge on any atom is -0.493 e. The van der Waals surface area contributed by atoms with Crippen LogP contribution < -0.4 is 0 Å². The molecule has 2 heteroatoms. The number of rotatable bonds is 20. The van der Waals surface area contributed by atoms with Gasteiger partial charge in [0, 0.05) is 22.3 Å². The zero-order valence-corrected chi connectivity index (χ0v) is 26.2. The highest BCUT2D eigenvalue weighted by Gasteiger charge is 2.35. The Kier molecular flexibility index (Phi) is 14.5. The molecule has 1 heterocycles. The summed E-state index contributed by atoms with van der Waals surface area (Å²) in [7, 11) is 0. The van der Waals surface area contributed by atoms with Crippen molar-refractivity contribution in [3.63, 3.8) is 0 Å². The van der Waals surface area contributed by atoms with Gasteiger partial charge in [-0.25, -0.2) is 4.70 Å². The molecule has 2 aromatic rings. The monoisotopic (exact) mass is 540 g/mol. The topological polar surface area (TPSA) is 25.3 Å². The third kappa shape index (κ3) is 9.28. The Morgan fingerprint density at radius 1 is 0.425 bits per heavy atom. The Morgan fingerprint density at radius 2 is 0.775 bits per heavy atom. The van der Waals surface area contributed by atoms with Gasteiger partial charge in [-0.3, -0.25) is 0 Å². The van der Waals surface area contributed by atoms with Crippen LogP contribution in [0.3, 0.4) is 0 Å². The summed E-state index contributed by atoms with van der Waals surface area (Å²) in [5.41, 5.74) is 21.7. The summed E-state index contributed by atoms with van der Waals surface area (Å²) in [6, 6.07) is 18.1. The molecule has 0 bridgehead atoms. The van der Waals surface area contributed by atoms with Gasteiger partial charge in [0.2, 0.25) is 11.4 Å². The summed E-state index contributed by atoms with van der Waals surface area (Å²) in [4.78, 5) is 0.